The zero-order chi connectivity index (χ0) is 19.9. The summed E-state index contributed by atoms with van der Waals surface area (Å²) in [6.07, 6.45) is 4.36. The van der Waals surface area contributed by atoms with Crippen molar-refractivity contribution >= 4 is 11.6 Å². The van der Waals surface area contributed by atoms with Gasteiger partial charge in [0.25, 0.3) is 0 Å². The van der Waals surface area contributed by atoms with Crippen molar-refractivity contribution in [3.63, 3.8) is 0 Å². The Kier molecular flexibility index (Phi) is 6.53. The first-order chi connectivity index (χ1) is 13.6. The molecule has 0 saturated carbocycles. The number of hydrogen-bond donors (Lipinski definition) is 2. The lowest BCUT2D eigenvalue weighted by atomic mass is 10.1. The van der Waals surface area contributed by atoms with E-state index in [9.17, 15) is 4.39 Å². The molecule has 3 rings (SSSR count). The fourth-order valence-corrected chi connectivity index (χ4v) is 3.17. The molecule has 1 heterocycles. The fraction of sp³-hybridized carbons (Fsp3) is 0.318. The number of guanidine groups is 1. The van der Waals surface area contributed by atoms with E-state index in [2.05, 4.69) is 56.9 Å². The molecule has 0 aromatic heterocycles. The molecule has 1 aliphatic heterocycles. The molecule has 28 heavy (non-hydrogen) atoms. The van der Waals surface area contributed by atoms with Gasteiger partial charge in [-0.05, 0) is 42.3 Å². The van der Waals surface area contributed by atoms with Crippen molar-refractivity contribution in [1.29, 1.82) is 0 Å². The van der Waals surface area contributed by atoms with Crippen LogP contribution in [-0.2, 0) is 6.54 Å². The van der Waals surface area contributed by atoms with Crippen LogP contribution in [0.5, 0.6) is 5.75 Å². The molecule has 0 spiro atoms. The Morgan fingerprint density at radius 1 is 1.21 bits per heavy atom. The average molecular weight is 382 g/mol. The Balaban J connectivity index is 1.59. The number of methoxy groups -OCH3 is 1. The quantitative estimate of drug-likeness (QED) is 0.455. The second-order valence-corrected chi connectivity index (χ2v) is 6.73. The first kappa shape index (κ1) is 19.7. The number of rotatable bonds is 6. The van der Waals surface area contributed by atoms with Crippen LogP contribution in [0, 0.1) is 5.82 Å². The highest BCUT2D eigenvalue weighted by Crippen LogP contribution is 2.22. The van der Waals surface area contributed by atoms with Crippen LogP contribution in [0.1, 0.15) is 24.1 Å². The van der Waals surface area contributed by atoms with E-state index in [4.69, 9.17) is 4.74 Å². The predicted octanol–water partition coefficient (Wildman–Crippen LogP) is 3.64. The zero-order valence-corrected chi connectivity index (χ0v) is 16.6. The summed E-state index contributed by atoms with van der Waals surface area (Å²) < 4.78 is 18.9. The number of ether oxygens (including phenoxy) is 1. The molecule has 2 N–H and O–H groups in total. The number of hydrogen-bond acceptors (Lipinski definition) is 3. The van der Waals surface area contributed by atoms with Crippen molar-refractivity contribution in [2.75, 3.05) is 32.1 Å². The van der Waals surface area contributed by atoms with Crippen LogP contribution in [0.25, 0.3) is 0 Å². The highest BCUT2D eigenvalue weighted by atomic mass is 19.1. The van der Waals surface area contributed by atoms with Gasteiger partial charge in [-0.25, -0.2) is 4.39 Å². The van der Waals surface area contributed by atoms with Gasteiger partial charge in [0.1, 0.15) is 0 Å². The smallest absolute Gasteiger partial charge is 0.191 e. The standard InChI is InChI=1S/C22H27FN4O/c1-16(18-9-10-21(28-3)20(23)14-18)26-22(24-2)25-15-17-7-6-8-19(13-17)27-11-4-5-12-27/h4-10,13-14,16H,11-12,15H2,1-3H3,(H2,24,25,26). The third-order valence-electron chi connectivity index (χ3n) is 4.81. The van der Waals surface area contributed by atoms with Crippen LogP contribution in [0.3, 0.4) is 0 Å². The normalized spacial score (nSPS) is 14.9. The lowest BCUT2D eigenvalue weighted by Crippen LogP contribution is -2.38. The van der Waals surface area contributed by atoms with Crippen molar-refractivity contribution in [2.24, 2.45) is 4.99 Å². The van der Waals surface area contributed by atoms with E-state index in [-0.39, 0.29) is 17.6 Å². The molecule has 0 fully saturated rings. The summed E-state index contributed by atoms with van der Waals surface area (Å²) in [6.45, 7) is 4.53. The maximum absolute atomic E-state index is 14.0. The topological polar surface area (TPSA) is 48.9 Å². The monoisotopic (exact) mass is 382 g/mol. The largest absolute Gasteiger partial charge is 0.494 e. The van der Waals surface area contributed by atoms with E-state index in [0.29, 0.717) is 12.5 Å². The van der Waals surface area contributed by atoms with Crippen LogP contribution < -0.4 is 20.3 Å². The Labute approximate surface area is 165 Å². The van der Waals surface area contributed by atoms with E-state index in [1.54, 1.807) is 13.1 Å². The lowest BCUT2D eigenvalue weighted by molar-refractivity contribution is 0.386. The van der Waals surface area contributed by atoms with Gasteiger partial charge in [-0.3, -0.25) is 4.99 Å². The Morgan fingerprint density at radius 3 is 2.68 bits per heavy atom. The maximum atomic E-state index is 14.0. The van der Waals surface area contributed by atoms with Crippen LogP contribution in [-0.4, -0.2) is 33.2 Å². The molecule has 5 nitrogen and oxygen atoms in total. The van der Waals surface area contributed by atoms with Gasteiger partial charge in [0.2, 0.25) is 0 Å². The van der Waals surface area contributed by atoms with E-state index >= 15 is 0 Å². The van der Waals surface area contributed by atoms with Gasteiger partial charge in [-0.15, -0.1) is 0 Å². The molecule has 0 radical (unpaired) electrons. The highest BCUT2D eigenvalue weighted by molar-refractivity contribution is 5.80. The van der Waals surface area contributed by atoms with E-state index in [1.807, 2.05) is 13.0 Å². The Morgan fingerprint density at radius 2 is 2.00 bits per heavy atom. The van der Waals surface area contributed by atoms with Gasteiger partial charge in [-0.1, -0.05) is 30.4 Å². The van der Waals surface area contributed by atoms with Crippen LogP contribution in [0.2, 0.25) is 0 Å². The summed E-state index contributed by atoms with van der Waals surface area (Å²) in [5, 5.41) is 6.63. The van der Waals surface area contributed by atoms with Crippen molar-refractivity contribution in [3.8, 4) is 5.75 Å². The van der Waals surface area contributed by atoms with Crippen molar-refractivity contribution in [1.82, 2.24) is 10.6 Å². The summed E-state index contributed by atoms with van der Waals surface area (Å²) in [6, 6.07) is 13.3. The van der Waals surface area contributed by atoms with Gasteiger partial charge >= 0.3 is 0 Å². The van der Waals surface area contributed by atoms with Crippen LogP contribution >= 0.6 is 0 Å². The predicted molar refractivity (Wildman–Crippen MR) is 112 cm³/mol. The van der Waals surface area contributed by atoms with E-state index < -0.39 is 0 Å². The molecule has 0 saturated heterocycles. The highest BCUT2D eigenvalue weighted by Gasteiger charge is 2.12. The molecule has 0 bridgehead atoms. The minimum atomic E-state index is -0.371. The molecule has 2 aromatic carbocycles. The summed E-state index contributed by atoms with van der Waals surface area (Å²) in [5.74, 6) is 0.535. The lowest BCUT2D eigenvalue weighted by Gasteiger charge is -2.20. The average Bonchev–Trinajstić information content (AvgIpc) is 3.26. The van der Waals surface area contributed by atoms with E-state index in [1.165, 1.54) is 24.4 Å². The Hall–Kier alpha value is -3.02. The third-order valence-corrected chi connectivity index (χ3v) is 4.81. The molecular weight excluding hydrogens is 355 g/mol. The summed E-state index contributed by atoms with van der Waals surface area (Å²) in [4.78, 5) is 6.60. The van der Waals surface area contributed by atoms with E-state index in [0.717, 1.165) is 18.7 Å². The molecule has 148 valence electrons. The van der Waals surface area contributed by atoms with Gasteiger partial charge in [0.15, 0.2) is 17.5 Å². The van der Waals surface area contributed by atoms with Gasteiger partial charge < -0.3 is 20.3 Å². The zero-order valence-electron chi connectivity index (χ0n) is 16.6. The van der Waals surface area contributed by atoms with Gasteiger partial charge in [-0.2, -0.15) is 0 Å². The van der Waals surface area contributed by atoms with Gasteiger partial charge in [0, 0.05) is 32.4 Å². The number of nitrogens with zero attached hydrogens (tertiary/aromatic N) is 2. The SMILES string of the molecule is CN=C(NCc1cccc(N2CC=CC2)c1)NC(C)c1ccc(OC)c(F)c1. The summed E-state index contributed by atoms with van der Waals surface area (Å²) in [7, 11) is 3.18. The minimum absolute atomic E-state index is 0.103. The first-order valence-electron chi connectivity index (χ1n) is 9.40. The first-order valence-corrected chi connectivity index (χ1v) is 9.40. The molecule has 1 aliphatic rings. The van der Waals surface area contributed by atoms with Crippen molar-refractivity contribution in [3.05, 3.63) is 71.6 Å². The fourth-order valence-electron chi connectivity index (χ4n) is 3.17. The number of benzene rings is 2. The maximum Gasteiger partial charge on any atom is 0.191 e. The number of aliphatic imine (C=N–C) groups is 1. The Bertz CT molecular complexity index is 857. The molecule has 2 aromatic rings. The van der Waals surface area contributed by atoms with Crippen molar-refractivity contribution < 1.29 is 9.13 Å². The minimum Gasteiger partial charge on any atom is -0.494 e. The second kappa shape index (κ2) is 9.26. The second-order valence-electron chi connectivity index (χ2n) is 6.73. The number of nitrogens with one attached hydrogen (secondary N) is 2. The van der Waals surface area contributed by atoms with Crippen LogP contribution in [0.15, 0.2) is 59.6 Å². The molecular formula is C22H27FN4O. The van der Waals surface area contributed by atoms with Crippen LogP contribution in [0.4, 0.5) is 10.1 Å². The third kappa shape index (κ3) is 4.82. The van der Waals surface area contributed by atoms with Crippen molar-refractivity contribution in [2.45, 2.75) is 19.5 Å². The molecule has 6 heteroatoms. The molecule has 1 unspecified atom stereocenters. The molecule has 1 atom stereocenters. The summed E-state index contributed by atoms with van der Waals surface area (Å²) in [5.41, 5.74) is 3.22. The number of halogens is 1. The van der Waals surface area contributed by atoms with Gasteiger partial charge in [0.05, 0.1) is 13.2 Å². The molecule has 0 aliphatic carbocycles. The molecule has 0 amide bonds. The summed E-state index contributed by atoms with van der Waals surface area (Å²) >= 11 is 0. The number of anilines is 1.